The number of nitrogens with one attached hydrogen (secondary N) is 1. The number of carbonyl (C=O) groups is 8. The van der Waals surface area contributed by atoms with Gasteiger partial charge in [0.25, 0.3) is 0 Å². The summed E-state index contributed by atoms with van der Waals surface area (Å²) in [5.41, 5.74) is -8.58. The maximum atomic E-state index is 15.5. The van der Waals surface area contributed by atoms with Crippen LogP contribution in [0.4, 0.5) is 4.79 Å². The van der Waals surface area contributed by atoms with Crippen LogP contribution in [0.5, 0.6) is 0 Å². The van der Waals surface area contributed by atoms with Crippen molar-refractivity contribution in [3.05, 3.63) is 107 Å². The minimum Gasteiger partial charge on any atom is -0.456 e. The molecule has 466 valence electrons. The van der Waals surface area contributed by atoms with Crippen LogP contribution in [-0.2, 0) is 61.9 Å². The van der Waals surface area contributed by atoms with E-state index < -0.39 is 141 Å². The third-order valence-corrected chi connectivity index (χ3v) is 21.0. The van der Waals surface area contributed by atoms with Gasteiger partial charge in [-0.3, -0.25) is 24.0 Å². The highest BCUT2D eigenvalue weighted by Gasteiger charge is 2.78. The van der Waals surface area contributed by atoms with Crippen molar-refractivity contribution in [1.29, 1.82) is 0 Å². The number of benzene rings is 2. The molecule has 1 heterocycles. The maximum absolute atomic E-state index is 15.5. The molecule has 86 heavy (non-hydrogen) atoms. The molecule has 1 aliphatic heterocycles. The number of ether oxygens (including phenoxy) is 7. The first kappa shape index (κ1) is 64.2. The predicted octanol–water partition coefficient (Wildman–Crippen LogP) is 6.33. The zero-order chi connectivity index (χ0) is 63.1. The summed E-state index contributed by atoms with van der Waals surface area (Å²) in [6.07, 6.45) is -1.49. The molecule has 5 saturated carbocycles. The van der Waals surface area contributed by atoms with E-state index >= 15 is 4.79 Å². The van der Waals surface area contributed by atoms with Gasteiger partial charge in [0, 0.05) is 62.6 Å². The molecule has 0 aromatic heterocycles. The fraction of sp³-hybridized carbons (Fsp3) is 0.606. The van der Waals surface area contributed by atoms with Gasteiger partial charge in [-0.15, -0.1) is 0 Å². The second-order valence-corrected chi connectivity index (χ2v) is 27.0. The van der Waals surface area contributed by atoms with Crippen molar-refractivity contribution in [3.63, 3.8) is 0 Å². The van der Waals surface area contributed by atoms with Gasteiger partial charge in [-0.05, 0) is 113 Å². The number of aliphatic hydroxyl groups is 4. The van der Waals surface area contributed by atoms with Crippen molar-refractivity contribution >= 4 is 47.1 Å². The van der Waals surface area contributed by atoms with Crippen molar-refractivity contribution in [2.45, 2.75) is 179 Å². The molecular formula is C66H83NO19. The van der Waals surface area contributed by atoms with Gasteiger partial charge in [-0.25, -0.2) is 14.4 Å². The Morgan fingerprint density at radius 2 is 1.53 bits per heavy atom. The lowest BCUT2D eigenvalue weighted by Crippen LogP contribution is -2.82. The summed E-state index contributed by atoms with van der Waals surface area (Å²) in [6.45, 7) is 15.9. The highest BCUT2D eigenvalue weighted by atomic mass is 16.6. The molecule has 2 aromatic carbocycles. The van der Waals surface area contributed by atoms with E-state index in [0.717, 1.165) is 18.4 Å². The van der Waals surface area contributed by atoms with Crippen LogP contribution in [0.1, 0.15) is 136 Å². The standard InChI is InChI=1S/C45H57NO14.C21H26O5/c1-24-28(57-39(51)33(48)32(26-17-13-11-14-18-26)46-40(52)60-41(3,4)5)22-45(53)37(58-38(50)27-19-15-12-16-20-27)35-43(8,36(49)34(55-10)31(24)42(45,6)7)29(54-9)21-30-44(35,23-56-30)59-25(2)47;1-19-7-5-13(23)9-12(19)3-4-14-15-6-8-21(26,17(25)11-22)20(15,2)10-16(24)18(14)19/h11-20,28-30,32-35,37,48,53H,21-23H2,1-10H3,(H,46,52);5,7,9,14-15,18,22,26H,3-4,6,8,10-11H2,1-2H3/t28-,29-,30+,32-,33+,34+,35-,37-,43+,44-,45+;14-,15-,18+,19-,20-,21-/m00/s1. The maximum Gasteiger partial charge on any atom is 0.408 e. The number of esters is 3. The third kappa shape index (κ3) is 10.3. The van der Waals surface area contributed by atoms with Gasteiger partial charge in [0.2, 0.25) is 0 Å². The molecule has 0 radical (unpaired) electrons. The lowest BCUT2D eigenvalue weighted by atomic mass is 9.44. The predicted molar refractivity (Wildman–Crippen MR) is 307 cm³/mol. The van der Waals surface area contributed by atoms with Crippen molar-refractivity contribution in [2.75, 3.05) is 27.4 Å². The van der Waals surface area contributed by atoms with Crippen molar-refractivity contribution < 1.29 is 91.9 Å². The average Bonchev–Trinajstić information content (AvgIpc) is 0.687. The van der Waals surface area contributed by atoms with E-state index in [9.17, 15) is 54.0 Å². The first-order valence-corrected chi connectivity index (χ1v) is 29.6. The van der Waals surface area contributed by atoms with Gasteiger partial charge in [0.15, 0.2) is 29.1 Å². The Morgan fingerprint density at radius 3 is 2.12 bits per heavy atom. The number of hydrogen-bond donors (Lipinski definition) is 5. The van der Waals surface area contributed by atoms with Gasteiger partial charge in [-0.2, -0.15) is 0 Å². The average molecular weight is 1190 g/mol. The Morgan fingerprint density at radius 1 is 0.884 bits per heavy atom. The smallest absolute Gasteiger partial charge is 0.408 e. The van der Waals surface area contributed by atoms with Crippen LogP contribution in [0.15, 0.2) is 95.6 Å². The number of carbonyl (C=O) groups excluding carboxylic acids is 8. The van der Waals surface area contributed by atoms with Gasteiger partial charge < -0.3 is 58.9 Å². The summed E-state index contributed by atoms with van der Waals surface area (Å²) in [4.78, 5) is 107. The lowest BCUT2D eigenvalue weighted by molar-refractivity contribution is -0.347. The molecule has 1 saturated heterocycles. The van der Waals surface area contributed by atoms with E-state index in [-0.39, 0.29) is 59.9 Å². The number of amides is 1. The van der Waals surface area contributed by atoms with Gasteiger partial charge in [-0.1, -0.05) is 87.9 Å². The highest BCUT2D eigenvalue weighted by Crippen LogP contribution is 2.67. The summed E-state index contributed by atoms with van der Waals surface area (Å²) >= 11 is 0. The minimum atomic E-state index is -2.22. The molecule has 2 aromatic rings. The Kier molecular flexibility index (Phi) is 17.2. The van der Waals surface area contributed by atoms with Gasteiger partial charge in [0.05, 0.1) is 35.6 Å². The molecule has 0 spiro atoms. The molecular weight excluding hydrogens is 1110 g/mol. The minimum absolute atomic E-state index is 0.0206. The van der Waals surface area contributed by atoms with Gasteiger partial charge >= 0.3 is 24.0 Å². The first-order chi connectivity index (χ1) is 40.2. The molecule has 2 bridgehead atoms. The molecule has 17 atom stereocenters. The van der Waals surface area contributed by atoms with Crippen LogP contribution >= 0.6 is 0 Å². The topological polar surface area (TPSA) is 294 Å². The summed E-state index contributed by atoms with van der Waals surface area (Å²) in [6, 6.07) is 15.1. The second kappa shape index (κ2) is 23.0. The Bertz CT molecular complexity index is 3150. The van der Waals surface area contributed by atoms with E-state index in [1.807, 2.05) is 19.9 Å². The number of methoxy groups -OCH3 is 2. The number of alkyl carbamates (subject to hydrolysis) is 1. The van der Waals surface area contributed by atoms with E-state index in [1.165, 1.54) is 21.1 Å². The van der Waals surface area contributed by atoms with Crippen LogP contribution in [-0.4, -0.2) is 154 Å². The number of allylic oxidation sites excluding steroid dienone is 4. The van der Waals surface area contributed by atoms with Crippen LogP contribution in [0.3, 0.4) is 0 Å². The van der Waals surface area contributed by atoms with Crippen LogP contribution in [0.25, 0.3) is 0 Å². The zero-order valence-corrected chi connectivity index (χ0v) is 51.1. The largest absolute Gasteiger partial charge is 0.456 e. The van der Waals surface area contributed by atoms with Crippen molar-refractivity contribution in [2.24, 2.45) is 45.3 Å². The number of rotatable bonds is 12. The Labute approximate surface area is 501 Å². The molecule has 7 aliphatic carbocycles. The molecule has 20 nitrogen and oxygen atoms in total. The monoisotopic (exact) mass is 1190 g/mol. The third-order valence-electron chi connectivity index (χ3n) is 21.0. The number of ketones is 4. The lowest BCUT2D eigenvalue weighted by Gasteiger charge is -2.67. The summed E-state index contributed by atoms with van der Waals surface area (Å²) in [5, 5.41) is 48.4. The first-order valence-electron chi connectivity index (χ1n) is 29.6. The highest BCUT2D eigenvalue weighted by molar-refractivity contribution is 6.02. The van der Waals surface area contributed by atoms with Crippen molar-refractivity contribution in [1.82, 2.24) is 5.32 Å². The fourth-order valence-corrected chi connectivity index (χ4v) is 16.7. The molecule has 1 amide bonds. The van der Waals surface area contributed by atoms with Crippen LogP contribution in [0, 0.1) is 45.3 Å². The Hall–Kier alpha value is -6.26. The van der Waals surface area contributed by atoms with E-state index in [2.05, 4.69) is 5.32 Å². The van der Waals surface area contributed by atoms with E-state index in [1.54, 1.807) is 121 Å². The molecule has 10 rings (SSSR count). The van der Waals surface area contributed by atoms with Gasteiger partial charge in [0.1, 0.15) is 53.6 Å². The SMILES string of the molecule is CO[C@H]1C(=O)[C@]2(C)[C@@H](OC)C[C@H]3OC[C@@]3(OC(C)=O)[C@H]2[C@H](OC(=O)c2ccccc2)[C@]2(O)C[C@H](OC(=O)[C@H](O)[C@@H](NC(=O)OC(C)(C)C)c3ccccc3)C(C)=C1C2(C)C.C[C@]12C=CC(=O)C=C1CC[C@@H]1[C@@H]2C(=O)C[C@@]2(C)[C@H]1CC[C@]2(O)C(=O)CO. The summed E-state index contributed by atoms with van der Waals surface area (Å²) < 4.78 is 42.4. The normalized spacial score (nSPS) is 37.2. The summed E-state index contributed by atoms with van der Waals surface area (Å²) in [5.74, 6) is -5.11. The Balaban J connectivity index is 0.000000280. The number of Topliss-reactive ketones (excluding diaryl/α,β-unsaturated/α-hetero) is 3. The fourth-order valence-electron chi connectivity index (χ4n) is 16.7. The number of hydrogen-bond acceptors (Lipinski definition) is 19. The summed E-state index contributed by atoms with van der Waals surface area (Å²) in [7, 11) is 2.78. The van der Waals surface area contributed by atoms with Crippen LogP contribution in [0.2, 0.25) is 0 Å². The quantitative estimate of drug-likeness (QED) is 0.0881. The molecule has 6 fully saturated rings. The molecule has 5 N–H and O–H groups in total. The molecule has 0 unspecified atom stereocenters. The number of aliphatic hydroxyl groups excluding tert-OH is 2. The zero-order valence-electron chi connectivity index (χ0n) is 51.1. The van der Waals surface area contributed by atoms with E-state index in [0.29, 0.717) is 24.0 Å². The van der Waals surface area contributed by atoms with Crippen molar-refractivity contribution in [3.8, 4) is 0 Å². The second-order valence-electron chi connectivity index (χ2n) is 27.0. The van der Waals surface area contributed by atoms with E-state index in [4.69, 9.17) is 33.2 Å². The molecule has 8 aliphatic rings. The van der Waals surface area contributed by atoms with Crippen LogP contribution < -0.4 is 5.32 Å². The molecule has 20 heteroatoms. The number of fused-ring (bicyclic) bond motifs is 10.